The summed E-state index contributed by atoms with van der Waals surface area (Å²) in [6.07, 6.45) is 3.98. The molecule has 3 heterocycles. The Morgan fingerprint density at radius 2 is 2.00 bits per heavy atom. The molecule has 1 aliphatic heterocycles. The van der Waals surface area contributed by atoms with Gasteiger partial charge in [-0.05, 0) is 63.0 Å². The van der Waals surface area contributed by atoms with E-state index in [4.69, 9.17) is 0 Å². The van der Waals surface area contributed by atoms with Crippen LogP contribution < -0.4 is 5.32 Å². The van der Waals surface area contributed by atoms with Crippen molar-refractivity contribution in [2.75, 3.05) is 18.4 Å². The second-order valence-corrected chi connectivity index (χ2v) is 8.45. The fraction of sp³-hybridized carbons (Fsp3) is 0.381. The lowest BCUT2D eigenvalue weighted by Gasteiger charge is -2.29. The topological polar surface area (TPSA) is 63.1 Å². The molecule has 0 spiro atoms. The molecule has 8 heteroatoms. The van der Waals surface area contributed by atoms with Crippen LogP contribution in [0.2, 0.25) is 0 Å². The number of benzene rings is 1. The molecule has 0 bridgehead atoms. The fourth-order valence-electron chi connectivity index (χ4n) is 3.53. The van der Waals surface area contributed by atoms with E-state index >= 15 is 0 Å². The molecule has 29 heavy (non-hydrogen) atoms. The summed E-state index contributed by atoms with van der Waals surface area (Å²) in [6, 6.07) is 6.00. The molecule has 0 unspecified atom stereocenters. The first kappa shape index (κ1) is 19.7. The molecule has 1 fully saturated rings. The van der Waals surface area contributed by atoms with Crippen molar-refractivity contribution >= 4 is 22.4 Å². The summed E-state index contributed by atoms with van der Waals surface area (Å²) in [4.78, 5) is 19.7. The predicted molar refractivity (Wildman–Crippen MR) is 112 cm³/mol. The van der Waals surface area contributed by atoms with Gasteiger partial charge in [-0.25, -0.2) is 14.1 Å². The van der Waals surface area contributed by atoms with Crippen molar-refractivity contribution < 1.29 is 9.18 Å². The highest BCUT2D eigenvalue weighted by atomic mass is 32.1. The number of nitrogens with zero attached hydrogens (tertiary/aromatic N) is 4. The number of halogens is 1. The normalized spacial score (nSPS) is 15.6. The Kier molecular flexibility index (Phi) is 5.73. The Labute approximate surface area is 173 Å². The summed E-state index contributed by atoms with van der Waals surface area (Å²) in [5, 5.41) is 9.74. The number of nitrogens with one attached hydrogen (secondary N) is 1. The number of hydrogen-bond donors (Lipinski definition) is 1. The second-order valence-electron chi connectivity index (χ2n) is 7.59. The molecule has 0 atom stereocenters. The number of aromatic nitrogens is 3. The minimum absolute atomic E-state index is 0.247. The third kappa shape index (κ3) is 4.54. The number of rotatable bonds is 5. The molecule has 3 aromatic rings. The van der Waals surface area contributed by atoms with E-state index in [1.54, 1.807) is 16.8 Å². The lowest BCUT2D eigenvalue weighted by molar-refractivity contribution is 0.102. The summed E-state index contributed by atoms with van der Waals surface area (Å²) in [6.45, 7) is 7.13. The van der Waals surface area contributed by atoms with E-state index in [0.717, 1.165) is 31.2 Å². The van der Waals surface area contributed by atoms with Crippen LogP contribution in [0.25, 0.3) is 5.69 Å². The summed E-state index contributed by atoms with van der Waals surface area (Å²) >= 11 is 1.43. The van der Waals surface area contributed by atoms with Gasteiger partial charge in [-0.2, -0.15) is 5.10 Å². The Bertz CT molecular complexity index is 989. The summed E-state index contributed by atoms with van der Waals surface area (Å²) in [5.74, 6) is 0.245. The van der Waals surface area contributed by atoms with Crippen LogP contribution in [0.4, 0.5) is 9.52 Å². The maximum Gasteiger partial charge on any atom is 0.260 e. The van der Waals surface area contributed by atoms with Gasteiger partial charge in [-0.15, -0.1) is 11.3 Å². The van der Waals surface area contributed by atoms with E-state index < -0.39 is 0 Å². The van der Waals surface area contributed by atoms with Gasteiger partial charge in [-0.3, -0.25) is 15.0 Å². The average Bonchev–Trinajstić information content (AvgIpc) is 3.30. The highest BCUT2D eigenvalue weighted by Crippen LogP contribution is 2.22. The maximum absolute atomic E-state index is 13.1. The molecule has 1 saturated heterocycles. The molecular formula is C21H24FN5OS. The SMILES string of the molecule is Cc1c(C(=O)Nc2nc(CN3CCC(C)CC3)cs2)cnn1-c1ccc(F)cc1. The van der Waals surface area contributed by atoms with E-state index in [1.165, 1.54) is 42.5 Å². The van der Waals surface area contributed by atoms with Crippen molar-refractivity contribution in [3.8, 4) is 5.69 Å². The van der Waals surface area contributed by atoms with Crippen molar-refractivity contribution in [1.29, 1.82) is 0 Å². The van der Waals surface area contributed by atoms with Gasteiger partial charge >= 0.3 is 0 Å². The maximum atomic E-state index is 13.1. The van der Waals surface area contributed by atoms with Crippen molar-refractivity contribution in [2.24, 2.45) is 5.92 Å². The molecule has 0 saturated carbocycles. The van der Waals surface area contributed by atoms with Crippen molar-refractivity contribution in [3.63, 3.8) is 0 Å². The van der Waals surface area contributed by atoms with Gasteiger partial charge < -0.3 is 0 Å². The van der Waals surface area contributed by atoms with Crippen molar-refractivity contribution in [2.45, 2.75) is 33.2 Å². The summed E-state index contributed by atoms with van der Waals surface area (Å²) in [5.41, 5.74) is 2.85. The van der Waals surface area contributed by atoms with Crippen LogP contribution in [-0.4, -0.2) is 38.7 Å². The van der Waals surface area contributed by atoms with Crippen molar-refractivity contribution in [3.05, 3.63) is 58.6 Å². The zero-order valence-electron chi connectivity index (χ0n) is 16.6. The Hall–Kier alpha value is -2.58. The zero-order valence-corrected chi connectivity index (χ0v) is 17.4. The van der Waals surface area contributed by atoms with Gasteiger partial charge in [0.2, 0.25) is 0 Å². The number of hydrogen-bond acceptors (Lipinski definition) is 5. The van der Waals surface area contributed by atoms with E-state index in [1.807, 2.05) is 12.3 Å². The van der Waals surface area contributed by atoms with Crippen LogP contribution in [0.15, 0.2) is 35.8 Å². The molecular weight excluding hydrogens is 389 g/mol. The zero-order chi connectivity index (χ0) is 20.4. The van der Waals surface area contributed by atoms with Gasteiger partial charge in [0, 0.05) is 11.9 Å². The van der Waals surface area contributed by atoms with Crippen LogP contribution in [0.1, 0.15) is 41.5 Å². The van der Waals surface area contributed by atoms with Crippen LogP contribution in [0.5, 0.6) is 0 Å². The van der Waals surface area contributed by atoms with Gasteiger partial charge in [-0.1, -0.05) is 6.92 Å². The monoisotopic (exact) mass is 413 g/mol. The first-order valence-electron chi connectivity index (χ1n) is 9.78. The highest BCUT2D eigenvalue weighted by Gasteiger charge is 2.19. The molecule has 1 aliphatic rings. The molecule has 6 nitrogen and oxygen atoms in total. The third-order valence-corrected chi connectivity index (χ3v) is 6.17. The molecule has 4 rings (SSSR count). The van der Waals surface area contributed by atoms with E-state index in [2.05, 4.69) is 27.2 Å². The number of carbonyl (C=O) groups excluding carboxylic acids is 1. The first-order valence-corrected chi connectivity index (χ1v) is 10.7. The molecule has 152 valence electrons. The lowest BCUT2D eigenvalue weighted by atomic mass is 9.99. The highest BCUT2D eigenvalue weighted by molar-refractivity contribution is 7.14. The molecule has 1 aromatic carbocycles. The quantitative estimate of drug-likeness (QED) is 0.679. The van der Waals surface area contributed by atoms with Gasteiger partial charge in [0.25, 0.3) is 5.91 Å². The Morgan fingerprint density at radius 3 is 2.72 bits per heavy atom. The third-order valence-electron chi connectivity index (χ3n) is 5.36. The fourth-order valence-corrected chi connectivity index (χ4v) is 4.22. The van der Waals surface area contributed by atoms with Crippen LogP contribution in [0.3, 0.4) is 0 Å². The first-order chi connectivity index (χ1) is 14.0. The number of likely N-dealkylation sites (tertiary alicyclic amines) is 1. The van der Waals surface area contributed by atoms with E-state index in [9.17, 15) is 9.18 Å². The number of piperidine rings is 1. The van der Waals surface area contributed by atoms with E-state index in [0.29, 0.717) is 22.1 Å². The number of carbonyl (C=O) groups is 1. The number of anilines is 1. The molecule has 2 aromatic heterocycles. The number of thiazole rings is 1. The van der Waals surface area contributed by atoms with Gasteiger partial charge in [0.1, 0.15) is 5.82 Å². The minimum Gasteiger partial charge on any atom is -0.298 e. The largest absolute Gasteiger partial charge is 0.298 e. The number of amides is 1. The van der Waals surface area contributed by atoms with Gasteiger partial charge in [0.05, 0.1) is 28.8 Å². The lowest BCUT2D eigenvalue weighted by Crippen LogP contribution is -2.32. The predicted octanol–water partition coefficient (Wildman–Crippen LogP) is 4.26. The van der Waals surface area contributed by atoms with Gasteiger partial charge in [0.15, 0.2) is 5.13 Å². The molecule has 1 N–H and O–H groups in total. The Morgan fingerprint density at radius 1 is 1.28 bits per heavy atom. The average molecular weight is 414 g/mol. The van der Waals surface area contributed by atoms with Crippen LogP contribution >= 0.6 is 11.3 Å². The van der Waals surface area contributed by atoms with Crippen molar-refractivity contribution in [1.82, 2.24) is 19.7 Å². The summed E-state index contributed by atoms with van der Waals surface area (Å²) < 4.78 is 14.8. The molecule has 0 aliphatic carbocycles. The summed E-state index contributed by atoms with van der Waals surface area (Å²) in [7, 11) is 0. The van der Waals surface area contributed by atoms with Crippen LogP contribution in [0, 0.1) is 18.7 Å². The molecule has 1 amide bonds. The van der Waals surface area contributed by atoms with Crippen LogP contribution in [-0.2, 0) is 6.54 Å². The van der Waals surface area contributed by atoms with E-state index in [-0.39, 0.29) is 11.7 Å². The minimum atomic E-state index is -0.310. The smallest absolute Gasteiger partial charge is 0.260 e. The Balaban J connectivity index is 1.41. The second kappa shape index (κ2) is 8.42. The standard InChI is InChI=1S/C21H24FN5OS/c1-14-7-9-26(10-8-14)12-17-13-29-21(24-17)25-20(28)19-11-23-27(15(19)2)18-5-3-16(22)4-6-18/h3-6,11,13-14H,7-10,12H2,1-2H3,(H,24,25,28). The molecule has 0 radical (unpaired) electrons.